The van der Waals surface area contributed by atoms with E-state index in [0.717, 1.165) is 6.92 Å². The lowest BCUT2D eigenvalue weighted by molar-refractivity contribution is -0.145. The van der Waals surface area contributed by atoms with Crippen LogP contribution in [0, 0.1) is 5.92 Å². The third-order valence-electron chi connectivity index (χ3n) is 4.10. The van der Waals surface area contributed by atoms with Gasteiger partial charge < -0.3 is 32.4 Å². The summed E-state index contributed by atoms with van der Waals surface area (Å²) in [6.07, 6.45) is 0.204. The first kappa shape index (κ1) is 27.8. The van der Waals surface area contributed by atoms with Crippen LogP contribution in [0.5, 0.6) is 0 Å². The number of primary amides is 1. The molecule has 0 saturated heterocycles. The van der Waals surface area contributed by atoms with Gasteiger partial charge in [0.25, 0.3) is 0 Å². The molecule has 30 heavy (non-hydrogen) atoms. The Morgan fingerprint density at radius 1 is 1.10 bits per heavy atom. The Kier molecular flexibility index (Phi) is 10.5. The molecular weight excluding hydrogens is 416 g/mol. The zero-order valence-corrected chi connectivity index (χ0v) is 18.7. The van der Waals surface area contributed by atoms with E-state index in [9.17, 15) is 24.0 Å². The molecule has 0 fully saturated rings. The highest BCUT2D eigenvalue weighted by Crippen LogP contribution is 2.22. The number of hydrogen-bond donors (Lipinski definition) is 5. The molecule has 12 heteroatoms. The fourth-order valence-corrected chi connectivity index (χ4v) is 3.02. The average molecular weight is 449 g/mol. The van der Waals surface area contributed by atoms with Crippen molar-refractivity contribution in [2.24, 2.45) is 23.1 Å². The number of amides is 2. The number of aliphatic carboxylic acids is 1. The summed E-state index contributed by atoms with van der Waals surface area (Å²) in [4.78, 5) is 61.1. The van der Waals surface area contributed by atoms with Gasteiger partial charge in [-0.3, -0.25) is 19.2 Å². The second-order valence-electron chi connectivity index (χ2n) is 8.07. The number of ketones is 2. The van der Waals surface area contributed by atoms with Crippen molar-refractivity contribution in [3.8, 4) is 0 Å². The van der Waals surface area contributed by atoms with Gasteiger partial charge in [0.05, 0.1) is 18.5 Å². The molecule has 0 radical (unpaired) electrons. The highest BCUT2D eigenvalue weighted by Gasteiger charge is 2.49. The number of alkyl carbamates (subject to hydrolysis) is 1. The summed E-state index contributed by atoms with van der Waals surface area (Å²) in [6.45, 7) is 5.98. The summed E-state index contributed by atoms with van der Waals surface area (Å²) in [5, 5.41) is 11.3. The number of Topliss-reactive ketones (excluding diaryl/α,β-unsaturated/α-hetero) is 2. The van der Waals surface area contributed by atoms with E-state index in [1.165, 1.54) is 11.8 Å². The van der Waals surface area contributed by atoms with Crippen LogP contribution in [-0.2, 0) is 23.9 Å². The number of carboxylic acids is 1. The van der Waals surface area contributed by atoms with Crippen LogP contribution < -0.4 is 22.5 Å². The molecule has 0 rings (SSSR count). The Morgan fingerprint density at radius 3 is 2.03 bits per heavy atom. The Morgan fingerprint density at radius 2 is 1.63 bits per heavy atom. The molecule has 172 valence electrons. The molecule has 8 N–H and O–H groups in total. The molecule has 0 heterocycles. The van der Waals surface area contributed by atoms with Gasteiger partial charge in [0.1, 0.15) is 17.1 Å². The van der Waals surface area contributed by atoms with Gasteiger partial charge in [0, 0.05) is 0 Å². The molecule has 11 nitrogen and oxygen atoms in total. The van der Waals surface area contributed by atoms with E-state index >= 15 is 0 Å². The average Bonchev–Trinajstić information content (AvgIpc) is 2.55. The van der Waals surface area contributed by atoms with Crippen LogP contribution >= 0.6 is 11.8 Å². The van der Waals surface area contributed by atoms with E-state index in [-0.39, 0.29) is 6.42 Å². The SMILES string of the molecule is CSCC[C@@H](NC(=O)OC(C)(C)C)C(=O)C(C(=O)[C@H](N)CC(=O)O)C(C)(N)C(N)=O. The molecule has 0 aliphatic rings. The fraction of sp³-hybridized carbons (Fsp3) is 0.722. The van der Waals surface area contributed by atoms with Crippen LogP contribution in [0.2, 0.25) is 0 Å². The first-order chi connectivity index (χ1) is 13.5. The van der Waals surface area contributed by atoms with Crippen molar-refractivity contribution in [2.75, 3.05) is 12.0 Å². The number of carboxylic acid groups (broad SMARTS) is 1. The molecule has 2 unspecified atom stereocenters. The minimum Gasteiger partial charge on any atom is -0.481 e. The zero-order chi connectivity index (χ0) is 23.9. The smallest absolute Gasteiger partial charge is 0.408 e. The molecule has 0 bridgehead atoms. The van der Waals surface area contributed by atoms with Crippen molar-refractivity contribution < 1.29 is 33.8 Å². The quantitative estimate of drug-likeness (QED) is 0.239. The normalized spacial score (nSPS) is 16.5. The van der Waals surface area contributed by atoms with Crippen molar-refractivity contribution in [1.29, 1.82) is 0 Å². The second-order valence-corrected chi connectivity index (χ2v) is 9.05. The maximum atomic E-state index is 13.2. The molecule has 0 saturated carbocycles. The Balaban J connectivity index is 6.01. The van der Waals surface area contributed by atoms with Crippen molar-refractivity contribution in [1.82, 2.24) is 5.32 Å². The number of carbonyl (C=O) groups is 5. The number of hydrogen-bond acceptors (Lipinski definition) is 9. The van der Waals surface area contributed by atoms with Gasteiger partial charge >= 0.3 is 12.1 Å². The van der Waals surface area contributed by atoms with E-state index in [1.54, 1.807) is 27.0 Å². The molecular formula is C18H32N4O7S. The number of nitrogens with one attached hydrogen (secondary N) is 1. The lowest BCUT2D eigenvalue weighted by Gasteiger charge is -2.33. The van der Waals surface area contributed by atoms with Crippen LogP contribution in [0.3, 0.4) is 0 Å². The van der Waals surface area contributed by atoms with Crippen molar-refractivity contribution in [2.45, 2.75) is 63.8 Å². The van der Waals surface area contributed by atoms with Gasteiger partial charge in [-0.25, -0.2) is 4.79 Å². The monoisotopic (exact) mass is 448 g/mol. The molecule has 0 aliphatic heterocycles. The Labute approximate surface area is 179 Å². The molecule has 0 aromatic carbocycles. The van der Waals surface area contributed by atoms with E-state index < -0.39 is 65.1 Å². The third-order valence-corrected chi connectivity index (χ3v) is 4.75. The van der Waals surface area contributed by atoms with Crippen LogP contribution in [0.15, 0.2) is 0 Å². The van der Waals surface area contributed by atoms with Crippen molar-refractivity contribution in [3.05, 3.63) is 0 Å². The van der Waals surface area contributed by atoms with E-state index in [1.807, 2.05) is 0 Å². The minimum atomic E-state index is -2.16. The predicted molar refractivity (Wildman–Crippen MR) is 112 cm³/mol. The zero-order valence-electron chi connectivity index (χ0n) is 17.9. The van der Waals surface area contributed by atoms with Gasteiger partial charge in [-0.2, -0.15) is 11.8 Å². The molecule has 0 aromatic rings. The standard InChI is InChI=1S/C18H32N4O7S/c1-17(2,3)29-16(28)22-10(6-7-30-5)14(26)12(18(4,21)15(20)27)13(25)9(19)8-11(23)24/h9-10,12H,6-8,19,21H2,1-5H3,(H2,20,27)(H,22,28)(H,23,24)/t9-,10-,12?,18?/m1/s1. The van der Waals surface area contributed by atoms with Crippen LogP contribution in [0.1, 0.15) is 40.5 Å². The number of nitrogens with two attached hydrogens (primary N) is 3. The summed E-state index contributed by atoms with van der Waals surface area (Å²) in [5.74, 6) is -5.91. The summed E-state index contributed by atoms with van der Waals surface area (Å²) in [7, 11) is 0. The van der Waals surface area contributed by atoms with Gasteiger partial charge in [-0.15, -0.1) is 0 Å². The van der Waals surface area contributed by atoms with Gasteiger partial charge in [0.2, 0.25) is 5.91 Å². The summed E-state index contributed by atoms with van der Waals surface area (Å²) >= 11 is 1.38. The summed E-state index contributed by atoms with van der Waals surface area (Å²) < 4.78 is 5.15. The molecule has 2 amide bonds. The van der Waals surface area contributed by atoms with Crippen LogP contribution in [0.4, 0.5) is 4.79 Å². The van der Waals surface area contributed by atoms with Gasteiger partial charge in [-0.1, -0.05) is 0 Å². The van der Waals surface area contributed by atoms with Crippen molar-refractivity contribution in [3.63, 3.8) is 0 Å². The summed E-state index contributed by atoms with van der Waals surface area (Å²) in [5.41, 5.74) is 13.8. The summed E-state index contributed by atoms with van der Waals surface area (Å²) in [6, 6.07) is -2.83. The van der Waals surface area contributed by atoms with Crippen LogP contribution in [-0.4, -0.2) is 69.9 Å². The number of rotatable bonds is 12. The molecule has 0 aliphatic carbocycles. The Hall–Kier alpha value is -2.18. The lowest BCUT2D eigenvalue weighted by Crippen LogP contribution is -2.64. The van der Waals surface area contributed by atoms with Gasteiger partial charge in [-0.05, 0) is 46.1 Å². The highest BCUT2D eigenvalue weighted by atomic mass is 32.2. The van der Waals surface area contributed by atoms with E-state index in [2.05, 4.69) is 5.32 Å². The topological polar surface area (TPSA) is 205 Å². The predicted octanol–water partition coefficient (Wildman–Crippen LogP) is -0.608. The number of ether oxygens (including phenoxy) is 1. The van der Waals surface area contributed by atoms with E-state index in [0.29, 0.717) is 5.75 Å². The molecule has 4 atom stereocenters. The first-order valence-corrected chi connectivity index (χ1v) is 10.6. The van der Waals surface area contributed by atoms with Gasteiger partial charge in [0.15, 0.2) is 11.6 Å². The molecule has 0 aromatic heterocycles. The Bertz CT molecular complexity index is 676. The van der Waals surface area contributed by atoms with E-state index in [4.69, 9.17) is 27.0 Å². The highest BCUT2D eigenvalue weighted by molar-refractivity contribution is 7.98. The van der Waals surface area contributed by atoms with Crippen molar-refractivity contribution >= 4 is 41.3 Å². The molecule has 0 spiro atoms. The maximum Gasteiger partial charge on any atom is 0.408 e. The number of carbonyl (C=O) groups excluding carboxylic acids is 4. The number of thioether (sulfide) groups is 1. The largest absolute Gasteiger partial charge is 0.481 e. The lowest BCUT2D eigenvalue weighted by atomic mass is 9.75. The first-order valence-electron chi connectivity index (χ1n) is 9.16. The van der Waals surface area contributed by atoms with Crippen LogP contribution in [0.25, 0.3) is 0 Å². The minimum absolute atomic E-state index is 0.103. The fourth-order valence-electron chi connectivity index (χ4n) is 2.55. The second kappa shape index (κ2) is 11.3. The third kappa shape index (κ3) is 8.67. The maximum absolute atomic E-state index is 13.2.